The molecule has 2 rings (SSSR count). The van der Waals surface area contributed by atoms with Crippen LogP contribution in [0.15, 0.2) is 42.5 Å². The van der Waals surface area contributed by atoms with Crippen molar-refractivity contribution >= 4 is 46.4 Å². The Bertz CT molecular complexity index is 735. The van der Waals surface area contributed by atoms with E-state index in [0.29, 0.717) is 21.4 Å². The van der Waals surface area contributed by atoms with E-state index >= 15 is 0 Å². The van der Waals surface area contributed by atoms with Crippen LogP contribution in [-0.2, 0) is 9.53 Å². The molecule has 0 fully saturated rings. The van der Waals surface area contributed by atoms with Gasteiger partial charge < -0.3 is 15.4 Å². The number of benzene rings is 2. The number of ether oxygens (including phenoxy) is 1. The normalized spacial score (nSPS) is 10.2. The number of carbonyl (C=O) groups excluding carboxylic acids is 2. The quantitative estimate of drug-likeness (QED) is 0.859. The Labute approximate surface area is 143 Å². The van der Waals surface area contributed by atoms with Crippen molar-refractivity contribution in [1.29, 1.82) is 0 Å². The molecular formula is C16H14Cl2N2O3. The minimum atomic E-state index is -0.391. The van der Waals surface area contributed by atoms with E-state index in [2.05, 4.69) is 10.6 Å². The van der Waals surface area contributed by atoms with Crippen LogP contribution in [0, 0.1) is 0 Å². The van der Waals surface area contributed by atoms with Crippen LogP contribution in [0.2, 0.25) is 10.0 Å². The summed E-state index contributed by atoms with van der Waals surface area (Å²) in [6.07, 6.45) is 0. The van der Waals surface area contributed by atoms with Crippen LogP contribution in [0.5, 0.6) is 0 Å². The largest absolute Gasteiger partial charge is 0.375 e. The van der Waals surface area contributed by atoms with Gasteiger partial charge in [-0.1, -0.05) is 29.3 Å². The van der Waals surface area contributed by atoms with Crippen LogP contribution < -0.4 is 10.6 Å². The first kappa shape index (κ1) is 17.3. The number of rotatable bonds is 5. The number of methoxy groups -OCH3 is 1. The maximum atomic E-state index is 12.3. The number of hydrogen-bond donors (Lipinski definition) is 2. The molecular weight excluding hydrogens is 339 g/mol. The monoisotopic (exact) mass is 352 g/mol. The molecule has 0 aliphatic rings. The number of anilines is 2. The predicted molar refractivity (Wildman–Crippen MR) is 91.4 cm³/mol. The zero-order chi connectivity index (χ0) is 16.8. The molecule has 0 saturated carbocycles. The Morgan fingerprint density at radius 2 is 1.74 bits per heavy atom. The molecule has 2 N–H and O–H groups in total. The van der Waals surface area contributed by atoms with Crippen molar-refractivity contribution in [3.8, 4) is 0 Å². The van der Waals surface area contributed by atoms with E-state index in [4.69, 9.17) is 27.9 Å². The molecule has 0 aliphatic heterocycles. The van der Waals surface area contributed by atoms with Crippen LogP contribution in [0.3, 0.4) is 0 Å². The molecule has 0 saturated heterocycles. The smallest absolute Gasteiger partial charge is 0.257 e. The van der Waals surface area contributed by atoms with Crippen molar-refractivity contribution < 1.29 is 14.3 Å². The summed E-state index contributed by atoms with van der Waals surface area (Å²) in [6, 6.07) is 11.4. The first-order valence-electron chi connectivity index (χ1n) is 6.65. The third-order valence-corrected chi connectivity index (χ3v) is 3.42. The Morgan fingerprint density at radius 1 is 1.04 bits per heavy atom. The summed E-state index contributed by atoms with van der Waals surface area (Å²) in [4.78, 5) is 23.8. The van der Waals surface area contributed by atoms with E-state index in [-0.39, 0.29) is 18.1 Å². The van der Waals surface area contributed by atoms with Crippen molar-refractivity contribution in [1.82, 2.24) is 0 Å². The maximum Gasteiger partial charge on any atom is 0.257 e. The molecule has 2 aromatic rings. The lowest BCUT2D eigenvalue weighted by atomic mass is 10.2. The second-order valence-electron chi connectivity index (χ2n) is 4.64. The highest BCUT2D eigenvalue weighted by Crippen LogP contribution is 2.22. The molecule has 0 heterocycles. The fraction of sp³-hybridized carbons (Fsp3) is 0.125. The van der Waals surface area contributed by atoms with Crippen LogP contribution in [0.25, 0.3) is 0 Å². The molecule has 120 valence electrons. The van der Waals surface area contributed by atoms with Crippen molar-refractivity contribution in [2.45, 2.75) is 0 Å². The van der Waals surface area contributed by atoms with Gasteiger partial charge in [0.25, 0.3) is 5.91 Å². The van der Waals surface area contributed by atoms with Crippen molar-refractivity contribution in [3.05, 3.63) is 58.1 Å². The van der Waals surface area contributed by atoms with Gasteiger partial charge in [-0.15, -0.1) is 0 Å². The molecule has 23 heavy (non-hydrogen) atoms. The summed E-state index contributed by atoms with van der Waals surface area (Å²) in [7, 11) is 1.44. The highest BCUT2D eigenvalue weighted by molar-refractivity contribution is 6.36. The van der Waals surface area contributed by atoms with Gasteiger partial charge in [0.05, 0.1) is 10.6 Å². The van der Waals surface area contributed by atoms with Gasteiger partial charge in [0.15, 0.2) is 0 Å². The lowest BCUT2D eigenvalue weighted by Gasteiger charge is -2.09. The Hall–Kier alpha value is -2.08. The van der Waals surface area contributed by atoms with Crippen molar-refractivity contribution in [3.63, 3.8) is 0 Å². The molecule has 0 aliphatic carbocycles. The van der Waals surface area contributed by atoms with Gasteiger partial charge in [-0.05, 0) is 36.4 Å². The summed E-state index contributed by atoms with van der Waals surface area (Å²) in [5.41, 5.74) is 1.33. The highest BCUT2D eigenvalue weighted by atomic mass is 35.5. The van der Waals surface area contributed by atoms with E-state index in [1.807, 2.05) is 0 Å². The number of amides is 2. The summed E-state index contributed by atoms with van der Waals surface area (Å²) in [5, 5.41) is 6.08. The SMILES string of the molecule is COCC(=O)Nc1cccc(NC(=O)c2cc(Cl)ccc2Cl)c1. The van der Waals surface area contributed by atoms with Crippen LogP contribution >= 0.6 is 23.2 Å². The average Bonchev–Trinajstić information content (AvgIpc) is 2.50. The molecule has 0 aromatic heterocycles. The number of hydrogen-bond acceptors (Lipinski definition) is 3. The van der Waals surface area contributed by atoms with Gasteiger partial charge >= 0.3 is 0 Å². The van der Waals surface area contributed by atoms with Gasteiger partial charge in [-0.3, -0.25) is 9.59 Å². The molecule has 0 atom stereocenters. The third-order valence-electron chi connectivity index (χ3n) is 2.85. The van der Waals surface area contributed by atoms with Gasteiger partial charge in [0, 0.05) is 23.5 Å². The van der Waals surface area contributed by atoms with E-state index in [9.17, 15) is 9.59 Å². The topological polar surface area (TPSA) is 67.4 Å². The zero-order valence-corrected chi connectivity index (χ0v) is 13.7. The second-order valence-corrected chi connectivity index (χ2v) is 5.48. The van der Waals surface area contributed by atoms with Gasteiger partial charge in [0.2, 0.25) is 5.91 Å². The van der Waals surface area contributed by atoms with Gasteiger partial charge in [-0.25, -0.2) is 0 Å². The van der Waals surface area contributed by atoms with Gasteiger partial charge in [-0.2, -0.15) is 0 Å². The molecule has 0 bridgehead atoms. The molecule has 2 aromatic carbocycles. The first-order chi connectivity index (χ1) is 11.0. The predicted octanol–water partition coefficient (Wildman–Crippen LogP) is 3.83. The van der Waals surface area contributed by atoms with Crippen LogP contribution in [0.4, 0.5) is 11.4 Å². The molecule has 0 unspecified atom stereocenters. The summed E-state index contributed by atoms with van der Waals surface area (Å²) in [6.45, 7) is -0.0469. The standard InChI is InChI=1S/C16H14Cl2N2O3/c1-23-9-15(21)19-11-3-2-4-12(8-11)20-16(22)13-7-10(17)5-6-14(13)18/h2-8H,9H2,1H3,(H,19,21)(H,20,22). The molecule has 7 heteroatoms. The zero-order valence-electron chi connectivity index (χ0n) is 12.2. The summed E-state index contributed by atoms with van der Waals surface area (Å²) in [5.74, 6) is -0.674. The van der Waals surface area contributed by atoms with E-state index in [1.165, 1.54) is 13.2 Å². The summed E-state index contributed by atoms with van der Waals surface area (Å²) >= 11 is 11.9. The van der Waals surface area contributed by atoms with Crippen LogP contribution in [0.1, 0.15) is 10.4 Å². The Balaban J connectivity index is 2.12. The molecule has 0 radical (unpaired) electrons. The summed E-state index contributed by atoms with van der Waals surface area (Å²) < 4.78 is 4.74. The van der Waals surface area contributed by atoms with E-state index in [0.717, 1.165) is 0 Å². The number of carbonyl (C=O) groups is 2. The maximum absolute atomic E-state index is 12.3. The van der Waals surface area contributed by atoms with Crippen molar-refractivity contribution in [2.75, 3.05) is 24.4 Å². The molecule has 0 spiro atoms. The lowest BCUT2D eigenvalue weighted by molar-refractivity contribution is -0.119. The highest BCUT2D eigenvalue weighted by Gasteiger charge is 2.12. The minimum Gasteiger partial charge on any atom is -0.375 e. The Kier molecular flexibility index (Phi) is 5.98. The average molecular weight is 353 g/mol. The Morgan fingerprint density at radius 3 is 2.43 bits per heavy atom. The van der Waals surface area contributed by atoms with Gasteiger partial charge in [0.1, 0.15) is 6.61 Å². The second kappa shape index (κ2) is 7.97. The van der Waals surface area contributed by atoms with Crippen molar-refractivity contribution in [2.24, 2.45) is 0 Å². The molecule has 2 amide bonds. The first-order valence-corrected chi connectivity index (χ1v) is 7.40. The lowest BCUT2D eigenvalue weighted by Crippen LogP contribution is -2.17. The fourth-order valence-corrected chi connectivity index (χ4v) is 2.25. The fourth-order valence-electron chi connectivity index (χ4n) is 1.87. The molecule has 5 nitrogen and oxygen atoms in total. The number of halogens is 2. The van der Waals surface area contributed by atoms with Crippen LogP contribution in [-0.4, -0.2) is 25.5 Å². The van der Waals surface area contributed by atoms with E-state index in [1.54, 1.807) is 36.4 Å². The third kappa shape index (κ3) is 4.96. The minimum absolute atomic E-state index is 0.0469. The number of nitrogens with one attached hydrogen (secondary N) is 2. The van der Waals surface area contributed by atoms with E-state index < -0.39 is 5.91 Å².